The van der Waals surface area contributed by atoms with Gasteiger partial charge in [-0.1, -0.05) is 23.7 Å². The molecular formula is C15H14ClFN2O. The minimum Gasteiger partial charge on any atom is -0.330 e. The van der Waals surface area contributed by atoms with Gasteiger partial charge in [0.15, 0.2) is 0 Å². The van der Waals surface area contributed by atoms with Crippen LogP contribution >= 0.6 is 11.6 Å². The van der Waals surface area contributed by atoms with E-state index in [-0.39, 0.29) is 11.6 Å². The first kappa shape index (κ1) is 14.5. The zero-order valence-corrected chi connectivity index (χ0v) is 11.5. The molecule has 0 fully saturated rings. The van der Waals surface area contributed by atoms with Gasteiger partial charge in [-0.3, -0.25) is 4.79 Å². The van der Waals surface area contributed by atoms with Crippen molar-refractivity contribution >= 4 is 23.2 Å². The molecule has 0 bridgehead atoms. The summed E-state index contributed by atoms with van der Waals surface area (Å²) in [6.07, 6.45) is 0.755. The van der Waals surface area contributed by atoms with Crippen molar-refractivity contribution in [3.63, 3.8) is 0 Å². The lowest BCUT2D eigenvalue weighted by Crippen LogP contribution is -2.13. The molecule has 5 heteroatoms. The molecule has 0 aliphatic carbocycles. The van der Waals surface area contributed by atoms with Gasteiger partial charge in [-0.2, -0.15) is 0 Å². The Morgan fingerprint density at radius 3 is 2.55 bits per heavy atom. The quantitative estimate of drug-likeness (QED) is 0.909. The molecule has 2 aromatic carbocycles. The van der Waals surface area contributed by atoms with Crippen LogP contribution < -0.4 is 11.1 Å². The molecule has 0 atom stereocenters. The predicted molar refractivity (Wildman–Crippen MR) is 78.6 cm³/mol. The fraction of sp³-hybridized carbons (Fsp3) is 0.133. The van der Waals surface area contributed by atoms with Crippen molar-refractivity contribution < 1.29 is 9.18 Å². The fourth-order valence-corrected chi connectivity index (χ4v) is 1.95. The standard InChI is InChI=1S/C15H14ClFN2O/c16-12-5-6-13(17)14(9-12)19-15(20)11-3-1-10(2-4-11)7-8-18/h1-6,9H,7-8,18H2,(H,19,20). The Kier molecular flexibility index (Phi) is 4.71. The molecule has 0 heterocycles. The van der Waals surface area contributed by atoms with Crippen molar-refractivity contribution in [2.45, 2.75) is 6.42 Å². The van der Waals surface area contributed by atoms with Crippen molar-refractivity contribution in [2.75, 3.05) is 11.9 Å². The van der Waals surface area contributed by atoms with E-state index in [0.717, 1.165) is 12.0 Å². The molecule has 0 radical (unpaired) electrons. The first-order valence-electron chi connectivity index (χ1n) is 6.15. The minimum atomic E-state index is -0.525. The van der Waals surface area contributed by atoms with Gasteiger partial charge in [0, 0.05) is 10.6 Å². The Labute approximate surface area is 121 Å². The zero-order valence-electron chi connectivity index (χ0n) is 10.7. The second-order valence-corrected chi connectivity index (χ2v) is 4.75. The maximum Gasteiger partial charge on any atom is 0.255 e. The molecule has 2 rings (SSSR count). The predicted octanol–water partition coefficient (Wildman–Crippen LogP) is 3.23. The number of hydrogen-bond acceptors (Lipinski definition) is 2. The van der Waals surface area contributed by atoms with Crippen LogP contribution in [0.5, 0.6) is 0 Å². The van der Waals surface area contributed by atoms with E-state index < -0.39 is 5.82 Å². The summed E-state index contributed by atoms with van der Waals surface area (Å²) in [4.78, 5) is 12.0. The number of carbonyl (C=O) groups is 1. The minimum absolute atomic E-state index is 0.0635. The summed E-state index contributed by atoms with van der Waals surface area (Å²) in [6, 6.07) is 11.0. The van der Waals surface area contributed by atoms with E-state index in [1.54, 1.807) is 12.1 Å². The summed E-state index contributed by atoms with van der Waals surface area (Å²) in [5, 5.41) is 2.86. The van der Waals surface area contributed by atoms with Crippen LogP contribution in [-0.2, 0) is 6.42 Å². The molecule has 3 nitrogen and oxygen atoms in total. The van der Waals surface area contributed by atoms with Crippen LogP contribution in [0.2, 0.25) is 5.02 Å². The third-order valence-corrected chi connectivity index (χ3v) is 3.06. The molecule has 2 aromatic rings. The van der Waals surface area contributed by atoms with Gasteiger partial charge in [-0.15, -0.1) is 0 Å². The first-order chi connectivity index (χ1) is 9.60. The van der Waals surface area contributed by atoms with Gasteiger partial charge in [0.1, 0.15) is 5.82 Å². The lowest BCUT2D eigenvalue weighted by atomic mass is 10.1. The Hall–Kier alpha value is -1.91. The number of nitrogens with one attached hydrogen (secondary N) is 1. The van der Waals surface area contributed by atoms with Crippen LogP contribution in [0, 0.1) is 5.82 Å². The van der Waals surface area contributed by atoms with E-state index in [1.807, 2.05) is 12.1 Å². The maximum absolute atomic E-state index is 13.5. The Bertz CT molecular complexity index is 614. The van der Waals surface area contributed by atoms with Gasteiger partial charge in [0.05, 0.1) is 5.69 Å². The van der Waals surface area contributed by atoms with Crippen LogP contribution in [0.3, 0.4) is 0 Å². The number of carbonyl (C=O) groups excluding carboxylic acids is 1. The second-order valence-electron chi connectivity index (χ2n) is 4.31. The van der Waals surface area contributed by atoms with Crippen molar-refractivity contribution in [3.8, 4) is 0 Å². The van der Waals surface area contributed by atoms with E-state index in [4.69, 9.17) is 17.3 Å². The van der Waals surface area contributed by atoms with Crippen LogP contribution in [0.25, 0.3) is 0 Å². The number of rotatable bonds is 4. The van der Waals surface area contributed by atoms with E-state index in [9.17, 15) is 9.18 Å². The van der Waals surface area contributed by atoms with Gasteiger partial charge in [0.25, 0.3) is 5.91 Å². The highest BCUT2D eigenvalue weighted by Crippen LogP contribution is 2.20. The van der Waals surface area contributed by atoms with Gasteiger partial charge in [0.2, 0.25) is 0 Å². The highest BCUT2D eigenvalue weighted by molar-refractivity contribution is 6.31. The molecule has 0 unspecified atom stereocenters. The van der Waals surface area contributed by atoms with Crippen molar-refractivity contribution in [1.82, 2.24) is 0 Å². The zero-order chi connectivity index (χ0) is 14.5. The van der Waals surface area contributed by atoms with Crippen LogP contribution in [0.1, 0.15) is 15.9 Å². The highest BCUT2D eigenvalue weighted by Gasteiger charge is 2.09. The number of amides is 1. The molecule has 20 heavy (non-hydrogen) atoms. The summed E-state index contributed by atoms with van der Waals surface area (Å²) >= 11 is 5.77. The molecular weight excluding hydrogens is 279 g/mol. The maximum atomic E-state index is 13.5. The lowest BCUT2D eigenvalue weighted by molar-refractivity contribution is 0.102. The van der Waals surface area contributed by atoms with Gasteiger partial charge < -0.3 is 11.1 Å². The van der Waals surface area contributed by atoms with Crippen molar-refractivity contribution in [3.05, 3.63) is 64.4 Å². The fourth-order valence-electron chi connectivity index (χ4n) is 1.78. The van der Waals surface area contributed by atoms with Gasteiger partial charge >= 0.3 is 0 Å². The molecule has 0 spiro atoms. The molecule has 1 amide bonds. The molecule has 104 valence electrons. The third kappa shape index (κ3) is 3.56. The number of anilines is 1. The van der Waals surface area contributed by atoms with E-state index >= 15 is 0 Å². The number of benzene rings is 2. The summed E-state index contributed by atoms with van der Waals surface area (Å²) in [7, 11) is 0. The normalized spacial score (nSPS) is 10.3. The van der Waals surface area contributed by atoms with Crippen LogP contribution in [-0.4, -0.2) is 12.5 Å². The molecule has 0 aliphatic heterocycles. The summed E-state index contributed by atoms with van der Waals surface area (Å²) in [5.41, 5.74) is 7.02. The van der Waals surface area contributed by atoms with Crippen LogP contribution in [0.4, 0.5) is 10.1 Å². The SMILES string of the molecule is NCCc1ccc(C(=O)Nc2cc(Cl)ccc2F)cc1. The van der Waals surface area contributed by atoms with E-state index in [0.29, 0.717) is 17.1 Å². The number of halogens is 2. The molecule has 0 aromatic heterocycles. The van der Waals surface area contributed by atoms with Crippen molar-refractivity contribution in [1.29, 1.82) is 0 Å². The Balaban J connectivity index is 2.13. The Morgan fingerprint density at radius 1 is 1.20 bits per heavy atom. The monoisotopic (exact) mass is 292 g/mol. The van der Waals surface area contributed by atoms with Gasteiger partial charge in [-0.25, -0.2) is 4.39 Å². The summed E-state index contributed by atoms with van der Waals surface area (Å²) in [6.45, 7) is 0.555. The lowest BCUT2D eigenvalue weighted by Gasteiger charge is -2.07. The van der Waals surface area contributed by atoms with Gasteiger partial charge in [-0.05, 0) is 48.9 Å². The smallest absolute Gasteiger partial charge is 0.255 e. The highest BCUT2D eigenvalue weighted by atomic mass is 35.5. The average molecular weight is 293 g/mol. The van der Waals surface area contributed by atoms with Crippen LogP contribution in [0.15, 0.2) is 42.5 Å². The second kappa shape index (κ2) is 6.50. The summed E-state index contributed by atoms with van der Waals surface area (Å²) < 4.78 is 13.5. The van der Waals surface area contributed by atoms with Crippen molar-refractivity contribution in [2.24, 2.45) is 5.73 Å². The molecule has 0 saturated carbocycles. The Morgan fingerprint density at radius 2 is 1.90 bits per heavy atom. The largest absolute Gasteiger partial charge is 0.330 e. The molecule has 3 N–H and O–H groups in total. The number of hydrogen-bond donors (Lipinski definition) is 2. The van der Waals surface area contributed by atoms with E-state index in [1.165, 1.54) is 18.2 Å². The van der Waals surface area contributed by atoms with E-state index in [2.05, 4.69) is 5.32 Å². The first-order valence-corrected chi connectivity index (χ1v) is 6.53. The molecule has 0 aliphatic rings. The average Bonchev–Trinajstić information content (AvgIpc) is 2.44. The summed E-state index contributed by atoms with van der Waals surface area (Å²) in [5.74, 6) is -0.909. The topological polar surface area (TPSA) is 55.1 Å². The molecule has 0 saturated heterocycles. The third-order valence-electron chi connectivity index (χ3n) is 2.83. The number of nitrogens with two attached hydrogens (primary N) is 1.